The van der Waals surface area contributed by atoms with Crippen molar-refractivity contribution >= 4 is 17.4 Å². The van der Waals surface area contributed by atoms with Crippen molar-refractivity contribution in [2.45, 2.75) is 19.8 Å². The molecule has 0 radical (unpaired) electrons. The van der Waals surface area contributed by atoms with Gasteiger partial charge in [-0.3, -0.25) is 14.6 Å². The fourth-order valence-electron chi connectivity index (χ4n) is 2.30. The Morgan fingerprint density at radius 1 is 1.39 bits per heavy atom. The Morgan fingerprint density at radius 2 is 2.06 bits per heavy atom. The van der Waals surface area contributed by atoms with Gasteiger partial charge in [0.2, 0.25) is 0 Å². The molecule has 0 bridgehead atoms. The Labute approximate surface area is 106 Å². The van der Waals surface area contributed by atoms with Gasteiger partial charge in [-0.15, -0.1) is 0 Å². The first kappa shape index (κ1) is 12.5. The van der Waals surface area contributed by atoms with Crippen molar-refractivity contribution in [2.24, 2.45) is 11.7 Å². The summed E-state index contributed by atoms with van der Waals surface area (Å²) in [5.41, 5.74) is 6.43. The van der Waals surface area contributed by atoms with Gasteiger partial charge in [-0.25, -0.2) is 0 Å². The number of pyridine rings is 1. The molecule has 18 heavy (non-hydrogen) atoms. The normalized spacial score (nSPS) is 16.6. The third kappa shape index (κ3) is 2.67. The van der Waals surface area contributed by atoms with Gasteiger partial charge < -0.3 is 10.6 Å². The zero-order chi connectivity index (χ0) is 13.1. The summed E-state index contributed by atoms with van der Waals surface area (Å²) in [6.45, 7) is 3.30. The molecule has 1 aromatic heterocycles. The summed E-state index contributed by atoms with van der Waals surface area (Å²) in [6.07, 6.45) is 3.32. The van der Waals surface area contributed by atoms with E-state index in [0.29, 0.717) is 0 Å². The number of rotatable bonds is 3. The first-order chi connectivity index (χ1) is 8.58. The van der Waals surface area contributed by atoms with E-state index in [9.17, 15) is 9.59 Å². The number of aromatic nitrogens is 1. The van der Waals surface area contributed by atoms with Crippen molar-refractivity contribution in [1.82, 2.24) is 4.98 Å². The highest BCUT2D eigenvalue weighted by atomic mass is 16.1. The van der Waals surface area contributed by atoms with E-state index in [-0.39, 0.29) is 17.4 Å². The second-order valence-corrected chi connectivity index (χ2v) is 4.64. The topological polar surface area (TPSA) is 76.3 Å². The van der Waals surface area contributed by atoms with Gasteiger partial charge in [0.1, 0.15) is 11.5 Å². The molecule has 2 heterocycles. The number of nitrogens with zero attached hydrogens (tertiary/aromatic N) is 2. The molecule has 0 aromatic carbocycles. The minimum Gasteiger partial charge on any atom is -0.371 e. The van der Waals surface area contributed by atoms with E-state index in [1.54, 1.807) is 19.2 Å². The van der Waals surface area contributed by atoms with Crippen LogP contribution < -0.4 is 10.6 Å². The summed E-state index contributed by atoms with van der Waals surface area (Å²) in [6, 6.07) is 3.57. The van der Waals surface area contributed by atoms with Gasteiger partial charge in [0.15, 0.2) is 0 Å². The van der Waals surface area contributed by atoms with E-state index < -0.39 is 5.91 Å². The summed E-state index contributed by atoms with van der Waals surface area (Å²) in [7, 11) is 0. The fourth-order valence-corrected chi connectivity index (χ4v) is 2.30. The van der Waals surface area contributed by atoms with Crippen molar-refractivity contribution in [2.75, 3.05) is 18.0 Å². The Bertz CT molecular complexity index is 465. The van der Waals surface area contributed by atoms with Gasteiger partial charge in [-0.2, -0.15) is 0 Å². The lowest BCUT2D eigenvalue weighted by atomic mass is 9.93. The van der Waals surface area contributed by atoms with Crippen LogP contribution in [-0.4, -0.2) is 29.8 Å². The number of ketones is 1. The van der Waals surface area contributed by atoms with Crippen molar-refractivity contribution in [3.63, 3.8) is 0 Å². The number of primary amides is 1. The third-order valence-electron chi connectivity index (χ3n) is 3.43. The SMILES string of the molecule is CC(=O)C1CCN(c2ccnc(C(N)=O)c2)CC1. The number of hydrogen-bond acceptors (Lipinski definition) is 4. The van der Waals surface area contributed by atoms with Crippen molar-refractivity contribution < 1.29 is 9.59 Å². The van der Waals surface area contributed by atoms with Crippen LogP contribution in [0.15, 0.2) is 18.3 Å². The first-order valence-electron chi connectivity index (χ1n) is 6.09. The molecule has 5 nitrogen and oxygen atoms in total. The molecule has 2 rings (SSSR count). The van der Waals surface area contributed by atoms with Gasteiger partial charge in [0.25, 0.3) is 5.91 Å². The zero-order valence-corrected chi connectivity index (χ0v) is 10.4. The van der Waals surface area contributed by atoms with Crippen LogP contribution in [0, 0.1) is 5.92 Å². The number of carbonyl (C=O) groups is 2. The van der Waals surface area contributed by atoms with E-state index in [2.05, 4.69) is 9.88 Å². The second kappa shape index (κ2) is 5.16. The largest absolute Gasteiger partial charge is 0.371 e. The standard InChI is InChI=1S/C13H17N3O2/c1-9(17)10-3-6-16(7-4-10)11-2-5-15-12(8-11)13(14)18/h2,5,8,10H,3-4,6-7H2,1H3,(H2,14,18). The van der Waals surface area contributed by atoms with Gasteiger partial charge >= 0.3 is 0 Å². The van der Waals surface area contributed by atoms with Gasteiger partial charge in [-0.05, 0) is 31.9 Å². The summed E-state index contributed by atoms with van der Waals surface area (Å²) >= 11 is 0. The molecule has 1 aliphatic heterocycles. The van der Waals surface area contributed by atoms with Crippen molar-refractivity contribution in [3.8, 4) is 0 Å². The number of Topliss-reactive ketones (excluding diaryl/α,β-unsaturated/α-hetero) is 1. The summed E-state index contributed by atoms with van der Waals surface area (Å²) < 4.78 is 0. The van der Waals surface area contributed by atoms with E-state index in [0.717, 1.165) is 31.6 Å². The lowest BCUT2D eigenvalue weighted by Gasteiger charge is -2.32. The van der Waals surface area contributed by atoms with E-state index in [1.807, 2.05) is 6.07 Å². The van der Waals surface area contributed by atoms with Gasteiger partial charge in [0.05, 0.1) is 0 Å². The van der Waals surface area contributed by atoms with E-state index in [4.69, 9.17) is 5.73 Å². The van der Waals surface area contributed by atoms with Gasteiger partial charge in [0, 0.05) is 30.9 Å². The molecule has 0 unspecified atom stereocenters. The molecule has 0 spiro atoms. The van der Waals surface area contributed by atoms with E-state index >= 15 is 0 Å². The highest BCUT2D eigenvalue weighted by Crippen LogP contribution is 2.23. The molecule has 1 fully saturated rings. The minimum absolute atomic E-state index is 0.179. The summed E-state index contributed by atoms with van der Waals surface area (Å²) in [4.78, 5) is 28.5. The maximum atomic E-state index is 11.3. The van der Waals surface area contributed by atoms with Gasteiger partial charge in [-0.1, -0.05) is 0 Å². The smallest absolute Gasteiger partial charge is 0.267 e. The van der Waals surface area contributed by atoms with Crippen LogP contribution in [0.1, 0.15) is 30.3 Å². The first-order valence-corrected chi connectivity index (χ1v) is 6.09. The number of carbonyl (C=O) groups excluding carboxylic acids is 2. The number of piperidine rings is 1. The molecule has 1 aromatic rings. The third-order valence-corrected chi connectivity index (χ3v) is 3.43. The van der Waals surface area contributed by atoms with Crippen molar-refractivity contribution in [3.05, 3.63) is 24.0 Å². The number of hydrogen-bond donors (Lipinski definition) is 1. The van der Waals surface area contributed by atoms with Crippen molar-refractivity contribution in [1.29, 1.82) is 0 Å². The summed E-state index contributed by atoms with van der Waals surface area (Å²) in [5, 5.41) is 0. The summed E-state index contributed by atoms with van der Waals surface area (Å²) in [5.74, 6) is -0.0728. The highest BCUT2D eigenvalue weighted by Gasteiger charge is 2.22. The molecular weight excluding hydrogens is 230 g/mol. The Balaban J connectivity index is 2.07. The zero-order valence-electron chi connectivity index (χ0n) is 10.4. The minimum atomic E-state index is -0.518. The quantitative estimate of drug-likeness (QED) is 0.864. The number of nitrogens with two attached hydrogens (primary N) is 1. The van der Waals surface area contributed by atoms with E-state index in [1.165, 1.54) is 0 Å². The molecule has 5 heteroatoms. The molecule has 1 saturated heterocycles. The monoisotopic (exact) mass is 247 g/mol. The molecule has 0 saturated carbocycles. The Kier molecular flexibility index (Phi) is 3.60. The second-order valence-electron chi connectivity index (χ2n) is 4.64. The fraction of sp³-hybridized carbons (Fsp3) is 0.462. The maximum Gasteiger partial charge on any atom is 0.267 e. The molecule has 0 aliphatic carbocycles. The lowest BCUT2D eigenvalue weighted by Crippen LogP contribution is -2.35. The van der Waals surface area contributed by atoms with Crippen LogP contribution in [0.2, 0.25) is 0 Å². The van der Waals surface area contributed by atoms with Crippen LogP contribution in [0.25, 0.3) is 0 Å². The van der Waals surface area contributed by atoms with Crippen LogP contribution in [-0.2, 0) is 4.79 Å². The van der Waals surface area contributed by atoms with Crippen LogP contribution >= 0.6 is 0 Å². The Morgan fingerprint density at radius 3 is 2.61 bits per heavy atom. The molecule has 2 N–H and O–H groups in total. The number of amides is 1. The lowest BCUT2D eigenvalue weighted by molar-refractivity contribution is -0.121. The number of anilines is 1. The average Bonchev–Trinajstić information content (AvgIpc) is 2.39. The molecule has 0 atom stereocenters. The molecule has 1 amide bonds. The highest BCUT2D eigenvalue weighted by molar-refractivity contribution is 5.91. The van der Waals surface area contributed by atoms with Crippen LogP contribution in [0.5, 0.6) is 0 Å². The Hall–Kier alpha value is -1.91. The van der Waals surface area contributed by atoms with Crippen LogP contribution in [0.3, 0.4) is 0 Å². The molecule has 1 aliphatic rings. The maximum absolute atomic E-state index is 11.3. The van der Waals surface area contributed by atoms with Crippen LogP contribution in [0.4, 0.5) is 5.69 Å². The molecule has 96 valence electrons. The predicted molar refractivity (Wildman–Crippen MR) is 68.4 cm³/mol. The molecular formula is C13H17N3O2. The predicted octanol–water partition coefficient (Wildman–Crippen LogP) is 0.986. The average molecular weight is 247 g/mol.